The summed E-state index contributed by atoms with van der Waals surface area (Å²) in [5.74, 6) is 0.426. The van der Waals surface area contributed by atoms with Crippen LogP contribution in [-0.4, -0.2) is 57.5 Å². The third-order valence-electron chi connectivity index (χ3n) is 7.32. The summed E-state index contributed by atoms with van der Waals surface area (Å²) in [5.41, 5.74) is 3.71. The Labute approximate surface area is 156 Å². The largest absolute Gasteiger partial charge is 0.396 e. The molecule has 4 atom stereocenters. The molecule has 142 valence electrons. The summed E-state index contributed by atoms with van der Waals surface area (Å²) in [6.07, 6.45) is 4.92. The second-order valence-electron chi connectivity index (χ2n) is 8.61. The van der Waals surface area contributed by atoms with E-state index >= 15 is 0 Å². The fourth-order valence-corrected chi connectivity index (χ4v) is 6.10. The van der Waals surface area contributed by atoms with Gasteiger partial charge in [0.2, 0.25) is 0 Å². The van der Waals surface area contributed by atoms with E-state index in [-0.39, 0.29) is 36.1 Å². The number of hydrogen-bond donors (Lipinski definition) is 1. The molecule has 3 aliphatic heterocycles. The molecule has 7 heteroatoms. The molecule has 2 aromatic rings. The molecule has 3 saturated heterocycles. The normalized spacial score (nSPS) is 33.9. The minimum absolute atomic E-state index is 0.0411. The van der Waals surface area contributed by atoms with E-state index in [0.717, 1.165) is 60.0 Å². The Bertz CT molecular complexity index is 970. The average Bonchev–Trinajstić information content (AvgIpc) is 3.45. The summed E-state index contributed by atoms with van der Waals surface area (Å²) in [4.78, 5) is 20.2. The lowest BCUT2D eigenvalue weighted by molar-refractivity contribution is 0.00155. The maximum Gasteiger partial charge on any atom is 0.259 e. The van der Waals surface area contributed by atoms with Gasteiger partial charge < -0.3 is 19.3 Å². The molecule has 4 aliphatic rings. The number of amides is 1. The van der Waals surface area contributed by atoms with E-state index in [4.69, 9.17) is 9.26 Å². The van der Waals surface area contributed by atoms with Gasteiger partial charge in [-0.15, -0.1) is 0 Å². The Morgan fingerprint density at radius 3 is 3.15 bits per heavy atom. The monoisotopic (exact) mass is 369 g/mol. The molecule has 0 radical (unpaired) electrons. The highest BCUT2D eigenvalue weighted by Gasteiger charge is 2.63. The zero-order chi connectivity index (χ0) is 18.3. The molecule has 5 heterocycles. The number of aliphatic hydroxyl groups is 1. The summed E-state index contributed by atoms with van der Waals surface area (Å²) in [5, 5.41) is 14.7. The molecule has 1 spiro atoms. The van der Waals surface area contributed by atoms with Gasteiger partial charge in [0.05, 0.1) is 34.9 Å². The van der Waals surface area contributed by atoms with Gasteiger partial charge in [0.25, 0.3) is 11.6 Å². The maximum atomic E-state index is 13.7. The van der Waals surface area contributed by atoms with Crippen LogP contribution in [0.5, 0.6) is 0 Å². The molecule has 2 bridgehead atoms. The van der Waals surface area contributed by atoms with E-state index in [2.05, 4.69) is 10.1 Å². The Morgan fingerprint density at radius 2 is 2.30 bits per heavy atom. The van der Waals surface area contributed by atoms with Crippen LogP contribution in [-0.2, 0) is 17.6 Å². The molecule has 27 heavy (non-hydrogen) atoms. The van der Waals surface area contributed by atoms with Gasteiger partial charge in [-0.2, -0.15) is 0 Å². The first-order chi connectivity index (χ1) is 13.1. The molecular formula is C20H23N3O4. The summed E-state index contributed by atoms with van der Waals surface area (Å²) < 4.78 is 11.7. The first kappa shape index (κ1) is 16.0. The average molecular weight is 369 g/mol. The number of likely N-dealkylation sites (tertiary alicyclic amines) is 1. The van der Waals surface area contributed by atoms with Crippen molar-refractivity contribution in [1.29, 1.82) is 0 Å². The van der Waals surface area contributed by atoms with Gasteiger partial charge >= 0.3 is 0 Å². The number of carbonyl (C=O) groups excluding carboxylic acids is 1. The predicted octanol–water partition coefficient (Wildman–Crippen LogP) is 1.63. The van der Waals surface area contributed by atoms with Crippen LogP contribution in [0.4, 0.5) is 0 Å². The smallest absolute Gasteiger partial charge is 0.259 e. The van der Waals surface area contributed by atoms with E-state index in [1.54, 1.807) is 0 Å². The number of nitrogens with zero attached hydrogens (tertiary/aromatic N) is 3. The first-order valence-electron chi connectivity index (χ1n) is 9.97. The predicted molar refractivity (Wildman–Crippen MR) is 95.4 cm³/mol. The summed E-state index contributed by atoms with van der Waals surface area (Å²) >= 11 is 0. The van der Waals surface area contributed by atoms with Crippen LogP contribution in [0.3, 0.4) is 0 Å². The van der Waals surface area contributed by atoms with Gasteiger partial charge in [-0.05, 0) is 44.6 Å². The van der Waals surface area contributed by atoms with Crippen molar-refractivity contribution in [2.75, 3.05) is 19.7 Å². The SMILES string of the molecule is Cc1noc2nc3c(c(C(=O)N4C[C@H]5[C@@H](CO)[C@@H]6CC[C@@]5(C4)O6)c12)CCC3. The first-order valence-corrected chi connectivity index (χ1v) is 9.97. The van der Waals surface area contributed by atoms with Gasteiger partial charge in [-0.1, -0.05) is 5.16 Å². The molecule has 1 N–H and O–H groups in total. The van der Waals surface area contributed by atoms with Crippen molar-refractivity contribution < 1.29 is 19.2 Å². The molecule has 1 aliphatic carbocycles. The number of ether oxygens (including phenoxy) is 1. The van der Waals surface area contributed by atoms with Crippen LogP contribution in [0.25, 0.3) is 11.1 Å². The number of aryl methyl sites for hydroxylation is 2. The number of hydrogen-bond acceptors (Lipinski definition) is 6. The molecule has 6 rings (SSSR count). The fraction of sp³-hybridized carbons (Fsp3) is 0.650. The van der Waals surface area contributed by atoms with Gasteiger partial charge in [-0.25, -0.2) is 4.98 Å². The Morgan fingerprint density at radius 1 is 1.41 bits per heavy atom. The van der Waals surface area contributed by atoms with Gasteiger partial charge in [0.1, 0.15) is 0 Å². The highest BCUT2D eigenvalue weighted by Crippen LogP contribution is 2.55. The van der Waals surface area contributed by atoms with Crippen molar-refractivity contribution in [2.24, 2.45) is 11.8 Å². The van der Waals surface area contributed by atoms with Crippen molar-refractivity contribution >= 4 is 17.0 Å². The molecule has 7 nitrogen and oxygen atoms in total. The third kappa shape index (κ3) is 1.96. The van der Waals surface area contributed by atoms with E-state index in [0.29, 0.717) is 18.8 Å². The lowest BCUT2D eigenvalue weighted by Crippen LogP contribution is -2.38. The molecular weight excluding hydrogens is 346 g/mol. The van der Waals surface area contributed by atoms with Gasteiger partial charge in [0, 0.05) is 30.7 Å². The minimum Gasteiger partial charge on any atom is -0.396 e. The summed E-state index contributed by atoms with van der Waals surface area (Å²) in [6, 6.07) is 0. The van der Waals surface area contributed by atoms with Crippen molar-refractivity contribution in [2.45, 2.75) is 50.7 Å². The van der Waals surface area contributed by atoms with E-state index in [1.807, 2.05) is 11.8 Å². The standard InChI is InChI=1S/C20H23N3O4/c1-10-16-17(11-3-2-4-14(11)21-18(16)27-22-10)19(25)23-7-13-12(8-24)15-5-6-20(13,9-23)26-15/h12-13,15,24H,2-9H2,1H3/t12-,13+,15+,20+/m1/s1. The molecule has 3 fully saturated rings. The van der Waals surface area contributed by atoms with E-state index in [1.165, 1.54) is 0 Å². The zero-order valence-corrected chi connectivity index (χ0v) is 15.4. The van der Waals surface area contributed by atoms with E-state index < -0.39 is 0 Å². The Kier molecular flexibility index (Phi) is 3.14. The van der Waals surface area contributed by atoms with Crippen molar-refractivity contribution in [1.82, 2.24) is 15.0 Å². The Hall–Kier alpha value is -1.99. The molecule has 0 saturated carbocycles. The van der Waals surface area contributed by atoms with Gasteiger partial charge in [0.15, 0.2) is 0 Å². The second-order valence-corrected chi connectivity index (χ2v) is 8.61. The van der Waals surface area contributed by atoms with Crippen LogP contribution >= 0.6 is 0 Å². The Balaban J connectivity index is 1.43. The number of fused-ring (bicyclic) bond motifs is 3. The number of carbonyl (C=O) groups is 1. The second kappa shape index (κ2) is 5.29. The number of rotatable bonds is 2. The van der Waals surface area contributed by atoms with Gasteiger partial charge in [-0.3, -0.25) is 4.79 Å². The number of aliphatic hydroxyl groups excluding tert-OH is 1. The minimum atomic E-state index is -0.257. The third-order valence-corrected chi connectivity index (χ3v) is 7.32. The van der Waals surface area contributed by atoms with Crippen LogP contribution in [0.15, 0.2) is 4.52 Å². The molecule has 0 aromatic carbocycles. The molecule has 0 unspecified atom stereocenters. The van der Waals surface area contributed by atoms with Crippen LogP contribution in [0.2, 0.25) is 0 Å². The fourth-order valence-electron chi connectivity index (χ4n) is 6.10. The highest BCUT2D eigenvalue weighted by atomic mass is 16.5. The van der Waals surface area contributed by atoms with Crippen LogP contribution in [0, 0.1) is 18.8 Å². The van der Waals surface area contributed by atoms with Crippen molar-refractivity contribution in [3.63, 3.8) is 0 Å². The van der Waals surface area contributed by atoms with Crippen molar-refractivity contribution in [3.8, 4) is 0 Å². The highest BCUT2D eigenvalue weighted by molar-refractivity contribution is 6.07. The van der Waals surface area contributed by atoms with Crippen molar-refractivity contribution in [3.05, 3.63) is 22.5 Å². The topological polar surface area (TPSA) is 88.7 Å². The molecule has 1 amide bonds. The number of aromatic nitrogens is 2. The lowest BCUT2D eigenvalue weighted by atomic mass is 9.74. The van der Waals surface area contributed by atoms with Crippen LogP contribution in [0.1, 0.15) is 46.6 Å². The van der Waals surface area contributed by atoms with E-state index in [9.17, 15) is 9.90 Å². The number of pyridine rings is 1. The zero-order valence-electron chi connectivity index (χ0n) is 15.4. The summed E-state index contributed by atoms with van der Waals surface area (Å²) in [6.45, 7) is 3.28. The molecule has 2 aromatic heterocycles. The van der Waals surface area contributed by atoms with Crippen LogP contribution < -0.4 is 0 Å². The quantitative estimate of drug-likeness (QED) is 0.866. The lowest BCUT2D eigenvalue weighted by Gasteiger charge is -2.27. The summed E-state index contributed by atoms with van der Waals surface area (Å²) in [7, 11) is 0. The maximum absolute atomic E-state index is 13.7.